The lowest BCUT2D eigenvalue weighted by Crippen LogP contribution is -2.26. The van der Waals surface area contributed by atoms with Crippen LogP contribution in [0.5, 0.6) is 0 Å². The van der Waals surface area contributed by atoms with Crippen LogP contribution in [-0.2, 0) is 0 Å². The predicted octanol–water partition coefficient (Wildman–Crippen LogP) is 3.08. The van der Waals surface area contributed by atoms with Gasteiger partial charge in [-0.3, -0.25) is 10.1 Å². The summed E-state index contributed by atoms with van der Waals surface area (Å²) in [6.45, 7) is 7.81. The molecular formula is C12H16N2O2. The fourth-order valence-electron chi connectivity index (χ4n) is 1.42. The minimum atomic E-state index is -0.397. The summed E-state index contributed by atoms with van der Waals surface area (Å²) in [6.07, 6.45) is 1.64. The lowest BCUT2D eigenvalue weighted by atomic mass is 10.1. The molecule has 0 saturated carbocycles. The average Bonchev–Trinajstić information content (AvgIpc) is 2.26. The maximum absolute atomic E-state index is 10.6. The summed E-state index contributed by atoms with van der Waals surface area (Å²) in [7, 11) is 1.96. The normalized spacial score (nSPS) is 10.2. The lowest BCUT2D eigenvalue weighted by molar-refractivity contribution is -0.384. The number of nitro benzene ring substituents is 1. The molecule has 0 bridgehead atoms. The molecule has 0 spiro atoms. The first-order chi connectivity index (χ1) is 7.47. The largest absolute Gasteiger partial charge is 0.372 e. The highest BCUT2D eigenvalue weighted by Crippen LogP contribution is 2.26. The minimum Gasteiger partial charge on any atom is -0.372 e. The summed E-state index contributed by atoms with van der Waals surface area (Å²) in [5.74, 6) is 0. The fraction of sp³-hybridized carbons (Fsp3) is 0.333. The zero-order valence-electron chi connectivity index (χ0n) is 9.80. The molecule has 4 nitrogen and oxygen atoms in total. The molecule has 86 valence electrons. The Hall–Kier alpha value is -1.84. The second kappa shape index (κ2) is 4.79. The third-order valence-electron chi connectivity index (χ3n) is 2.60. The van der Waals surface area contributed by atoms with E-state index in [0.29, 0.717) is 6.04 Å². The predicted molar refractivity (Wildman–Crippen MR) is 66.7 cm³/mol. The van der Waals surface area contributed by atoms with Crippen LogP contribution in [0, 0.1) is 10.1 Å². The van der Waals surface area contributed by atoms with Crippen molar-refractivity contribution >= 4 is 17.5 Å². The third-order valence-corrected chi connectivity index (χ3v) is 2.60. The monoisotopic (exact) mass is 220 g/mol. The van der Waals surface area contributed by atoms with Gasteiger partial charge < -0.3 is 4.90 Å². The van der Waals surface area contributed by atoms with Gasteiger partial charge in [0.1, 0.15) is 0 Å². The molecule has 0 N–H and O–H groups in total. The number of nitro groups is 1. The van der Waals surface area contributed by atoms with Gasteiger partial charge in [-0.15, -0.1) is 0 Å². The fourth-order valence-corrected chi connectivity index (χ4v) is 1.42. The number of hydrogen-bond acceptors (Lipinski definition) is 3. The van der Waals surface area contributed by atoms with E-state index in [1.165, 1.54) is 6.07 Å². The van der Waals surface area contributed by atoms with Crippen molar-refractivity contribution in [2.45, 2.75) is 19.9 Å². The molecule has 0 fully saturated rings. The molecule has 0 atom stereocenters. The number of hydrogen-bond donors (Lipinski definition) is 0. The van der Waals surface area contributed by atoms with E-state index in [1.54, 1.807) is 18.2 Å². The highest BCUT2D eigenvalue weighted by molar-refractivity contribution is 5.69. The average molecular weight is 220 g/mol. The van der Waals surface area contributed by atoms with E-state index in [4.69, 9.17) is 0 Å². The SMILES string of the molecule is C=Cc1cc([N+](=O)[O-])ccc1N(C)C(C)C. The summed E-state index contributed by atoms with van der Waals surface area (Å²) >= 11 is 0. The first-order valence-electron chi connectivity index (χ1n) is 5.11. The van der Waals surface area contributed by atoms with E-state index in [9.17, 15) is 10.1 Å². The molecule has 0 radical (unpaired) electrons. The van der Waals surface area contributed by atoms with Crippen LogP contribution in [-0.4, -0.2) is 18.0 Å². The molecule has 1 rings (SSSR count). The molecule has 0 aliphatic rings. The van der Waals surface area contributed by atoms with E-state index >= 15 is 0 Å². The highest BCUT2D eigenvalue weighted by Gasteiger charge is 2.13. The van der Waals surface area contributed by atoms with Crippen molar-refractivity contribution in [2.24, 2.45) is 0 Å². The third kappa shape index (κ3) is 2.39. The Labute approximate surface area is 95.3 Å². The Morgan fingerprint density at radius 3 is 2.56 bits per heavy atom. The Kier molecular flexibility index (Phi) is 3.66. The molecule has 0 aliphatic heterocycles. The molecule has 4 heteroatoms. The van der Waals surface area contributed by atoms with Gasteiger partial charge in [0.05, 0.1) is 4.92 Å². The molecule has 0 heterocycles. The maximum Gasteiger partial charge on any atom is 0.270 e. The molecule has 1 aromatic carbocycles. The van der Waals surface area contributed by atoms with Crippen molar-refractivity contribution in [2.75, 3.05) is 11.9 Å². The molecular weight excluding hydrogens is 204 g/mol. The molecule has 16 heavy (non-hydrogen) atoms. The van der Waals surface area contributed by atoms with Crippen LogP contribution in [0.15, 0.2) is 24.8 Å². The lowest BCUT2D eigenvalue weighted by Gasteiger charge is -2.25. The molecule has 0 aromatic heterocycles. The van der Waals surface area contributed by atoms with Crippen molar-refractivity contribution in [3.05, 3.63) is 40.5 Å². The Bertz CT molecular complexity index is 413. The topological polar surface area (TPSA) is 46.4 Å². The molecule has 0 saturated heterocycles. The molecule has 0 amide bonds. The first kappa shape index (κ1) is 12.2. The zero-order valence-corrected chi connectivity index (χ0v) is 9.80. The number of rotatable bonds is 4. The van der Waals surface area contributed by atoms with Crippen LogP contribution < -0.4 is 4.90 Å². The number of benzene rings is 1. The van der Waals surface area contributed by atoms with E-state index in [0.717, 1.165) is 11.3 Å². The number of non-ortho nitro benzene ring substituents is 1. The van der Waals surface area contributed by atoms with E-state index in [2.05, 4.69) is 25.3 Å². The summed E-state index contributed by atoms with van der Waals surface area (Å²) in [5.41, 5.74) is 1.83. The van der Waals surface area contributed by atoms with Gasteiger partial charge in [0.2, 0.25) is 0 Å². The second-order valence-corrected chi connectivity index (χ2v) is 3.91. The molecule has 0 aliphatic carbocycles. The minimum absolute atomic E-state index is 0.0933. The molecule has 0 unspecified atom stereocenters. The maximum atomic E-state index is 10.6. The standard InChI is InChI=1S/C12H16N2O2/c1-5-10-8-11(14(15)16)6-7-12(10)13(4)9(2)3/h5-9H,1H2,2-4H3. The van der Waals surface area contributed by atoms with Crippen LogP contribution in [0.2, 0.25) is 0 Å². The summed E-state index contributed by atoms with van der Waals surface area (Å²) in [4.78, 5) is 12.3. The van der Waals surface area contributed by atoms with Crippen LogP contribution in [0.1, 0.15) is 19.4 Å². The van der Waals surface area contributed by atoms with Crippen molar-refractivity contribution in [3.8, 4) is 0 Å². The van der Waals surface area contributed by atoms with Crippen LogP contribution in [0.25, 0.3) is 6.08 Å². The van der Waals surface area contributed by atoms with Gasteiger partial charge in [-0.2, -0.15) is 0 Å². The van der Waals surface area contributed by atoms with Gasteiger partial charge in [-0.1, -0.05) is 12.7 Å². The first-order valence-corrected chi connectivity index (χ1v) is 5.11. The number of anilines is 1. The van der Waals surface area contributed by atoms with Crippen molar-refractivity contribution in [3.63, 3.8) is 0 Å². The number of nitrogens with zero attached hydrogens (tertiary/aromatic N) is 2. The summed E-state index contributed by atoms with van der Waals surface area (Å²) in [6, 6.07) is 5.15. The summed E-state index contributed by atoms with van der Waals surface area (Å²) in [5, 5.41) is 10.6. The highest BCUT2D eigenvalue weighted by atomic mass is 16.6. The van der Waals surface area contributed by atoms with Gasteiger partial charge in [0.15, 0.2) is 0 Å². The smallest absolute Gasteiger partial charge is 0.270 e. The quantitative estimate of drug-likeness (QED) is 0.578. The van der Waals surface area contributed by atoms with Crippen LogP contribution in [0.3, 0.4) is 0 Å². The molecule has 1 aromatic rings. The van der Waals surface area contributed by atoms with Crippen molar-refractivity contribution in [1.29, 1.82) is 0 Å². The van der Waals surface area contributed by atoms with E-state index in [1.807, 2.05) is 7.05 Å². The van der Waals surface area contributed by atoms with Crippen molar-refractivity contribution < 1.29 is 4.92 Å². The van der Waals surface area contributed by atoms with Crippen LogP contribution >= 0.6 is 0 Å². The van der Waals surface area contributed by atoms with E-state index < -0.39 is 4.92 Å². The van der Waals surface area contributed by atoms with E-state index in [-0.39, 0.29) is 5.69 Å². The van der Waals surface area contributed by atoms with Gasteiger partial charge >= 0.3 is 0 Å². The Balaban J connectivity index is 3.21. The zero-order chi connectivity index (χ0) is 12.3. The second-order valence-electron chi connectivity index (χ2n) is 3.91. The van der Waals surface area contributed by atoms with Gasteiger partial charge in [0, 0.05) is 36.5 Å². The Morgan fingerprint density at radius 1 is 1.50 bits per heavy atom. The van der Waals surface area contributed by atoms with Crippen molar-refractivity contribution in [1.82, 2.24) is 0 Å². The van der Waals surface area contributed by atoms with Crippen LogP contribution in [0.4, 0.5) is 11.4 Å². The van der Waals surface area contributed by atoms with Gasteiger partial charge in [-0.05, 0) is 19.9 Å². The Morgan fingerprint density at radius 2 is 2.12 bits per heavy atom. The van der Waals surface area contributed by atoms with Gasteiger partial charge in [-0.25, -0.2) is 0 Å². The van der Waals surface area contributed by atoms with Gasteiger partial charge in [0.25, 0.3) is 5.69 Å². The summed E-state index contributed by atoms with van der Waals surface area (Å²) < 4.78 is 0.